The van der Waals surface area contributed by atoms with E-state index >= 15 is 0 Å². The summed E-state index contributed by atoms with van der Waals surface area (Å²) in [4.78, 5) is 12.3. The lowest BCUT2D eigenvalue weighted by molar-refractivity contribution is 0.0727. The first-order chi connectivity index (χ1) is 12.1. The van der Waals surface area contributed by atoms with E-state index in [1.54, 1.807) is 61.5 Å². The second kappa shape index (κ2) is 8.68. The lowest BCUT2D eigenvalue weighted by Gasteiger charge is -2.12. The van der Waals surface area contributed by atoms with E-state index in [-0.39, 0.29) is 11.3 Å². The largest absolute Gasteiger partial charge is 0.490 e. The number of ether oxygens (including phenoxy) is 2. The molecule has 2 aromatic carbocycles. The highest BCUT2D eigenvalue weighted by Gasteiger charge is 2.15. The molecular weight excluding hydrogens is 384 g/mol. The average Bonchev–Trinajstić information content (AvgIpc) is 2.62. The van der Waals surface area contributed by atoms with Gasteiger partial charge in [0.15, 0.2) is 11.5 Å². The Morgan fingerprint density at radius 3 is 2.52 bits per heavy atom. The molecule has 0 aromatic heterocycles. The van der Waals surface area contributed by atoms with Crippen LogP contribution in [0.2, 0.25) is 0 Å². The fraction of sp³-hybridized carbons (Fsp3) is 0.105. The number of allylic oxidation sites excluding steroid dienone is 1. The van der Waals surface area contributed by atoms with E-state index in [1.807, 2.05) is 0 Å². The zero-order valence-electron chi connectivity index (χ0n) is 13.3. The predicted molar refractivity (Wildman–Crippen MR) is 95.9 cm³/mol. The van der Waals surface area contributed by atoms with E-state index in [9.17, 15) is 4.79 Å². The summed E-state index contributed by atoms with van der Waals surface area (Å²) in [7, 11) is 0. The topological polar surface area (TPSA) is 83.1 Å². The molecule has 0 bridgehead atoms. The third-order valence-electron chi connectivity index (χ3n) is 3.12. The van der Waals surface area contributed by atoms with Gasteiger partial charge in [-0.25, -0.2) is 4.79 Å². The summed E-state index contributed by atoms with van der Waals surface area (Å²) in [5, 5.41) is 17.7. The van der Waals surface area contributed by atoms with Gasteiger partial charge >= 0.3 is 5.97 Å². The number of carbonyl (C=O) groups excluding carboxylic acids is 1. The second-order valence-electron chi connectivity index (χ2n) is 4.79. The molecule has 2 aromatic rings. The number of hydrogen-bond acceptors (Lipinski definition) is 5. The molecule has 0 aliphatic heterocycles. The first-order valence-corrected chi connectivity index (χ1v) is 8.13. The highest BCUT2D eigenvalue weighted by atomic mass is 79.9. The minimum atomic E-state index is -0.522. The van der Waals surface area contributed by atoms with Crippen molar-refractivity contribution in [1.82, 2.24) is 0 Å². The van der Waals surface area contributed by atoms with Crippen molar-refractivity contribution in [3.8, 4) is 23.6 Å². The molecule has 2 rings (SSSR count). The maximum atomic E-state index is 12.3. The van der Waals surface area contributed by atoms with Gasteiger partial charge in [-0.2, -0.15) is 10.5 Å². The third-order valence-corrected chi connectivity index (χ3v) is 3.81. The number of carbonyl (C=O) groups is 1. The van der Waals surface area contributed by atoms with Crippen LogP contribution < -0.4 is 9.47 Å². The van der Waals surface area contributed by atoms with Gasteiger partial charge in [-0.3, -0.25) is 0 Å². The number of halogens is 1. The van der Waals surface area contributed by atoms with Crippen molar-refractivity contribution >= 4 is 28.0 Å². The van der Waals surface area contributed by atoms with Crippen molar-refractivity contribution < 1.29 is 14.3 Å². The van der Waals surface area contributed by atoms with Crippen molar-refractivity contribution in [2.45, 2.75) is 6.92 Å². The van der Waals surface area contributed by atoms with E-state index < -0.39 is 5.97 Å². The minimum Gasteiger partial charge on any atom is -0.490 e. The minimum absolute atomic E-state index is 0.0274. The standard InChI is InChI=1S/C19H13BrN2O3/c1-2-24-18-10-13(9-14(11-21)12-22)7-8-17(18)25-19(23)15-5-3-4-6-16(15)20/h3-10H,2H2,1H3. The van der Waals surface area contributed by atoms with E-state index in [0.29, 0.717) is 28.0 Å². The summed E-state index contributed by atoms with van der Waals surface area (Å²) in [6, 6.07) is 15.3. The van der Waals surface area contributed by atoms with Crippen molar-refractivity contribution in [3.05, 3.63) is 63.6 Å². The Bertz CT molecular complexity index is 892. The van der Waals surface area contributed by atoms with Crippen LogP contribution in [0.1, 0.15) is 22.8 Å². The highest BCUT2D eigenvalue weighted by molar-refractivity contribution is 9.10. The van der Waals surface area contributed by atoms with Crippen LogP contribution >= 0.6 is 15.9 Å². The summed E-state index contributed by atoms with van der Waals surface area (Å²) in [5.41, 5.74) is 0.966. The predicted octanol–water partition coefficient (Wildman–Crippen LogP) is 4.50. The molecule has 0 spiro atoms. The first-order valence-electron chi connectivity index (χ1n) is 7.34. The van der Waals surface area contributed by atoms with E-state index in [1.165, 1.54) is 6.08 Å². The third kappa shape index (κ3) is 4.69. The van der Waals surface area contributed by atoms with Crippen molar-refractivity contribution in [2.75, 3.05) is 6.61 Å². The fourth-order valence-corrected chi connectivity index (χ4v) is 2.45. The fourth-order valence-electron chi connectivity index (χ4n) is 2.00. The van der Waals surface area contributed by atoms with Crippen LogP contribution in [0.25, 0.3) is 6.08 Å². The Kier molecular flexibility index (Phi) is 6.33. The Morgan fingerprint density at radius 1 is 1.16 bits per heavy atom. The molecule has 0 N–H and O–H groups in total. The lowest BCUT2D eigenvalue weighted by atomic mass is 10.1. The van der Waals surface area contributed by atoms with Gasteiger partial charge in [0.1, 0.15) is 17.7 Å². The molecule has 0 saturated heterocycles. The Labute approximate surface area is 153 Å². The zero-order chi connectivity index (χ0) is 18.2. The molecule has 0 atom stereocenters. The molecule has 0 aliphatic carbocycles. The Hall–Kier alpha value is -3.09. The molecule has 124 valence electrons. The molecule has 0 fully saturated rings. The summed E-state index contributed by atoms with van der Waals surface area (Å²) >= 11 is 3.31. The normalized spacial score (nSPS) is 9.44. The smallest absolute Gasteiger partial charge is 0.344 e. The quantitative estimate of drug-likeness (QED) is 0.422. The Balaban J connectivity index is 2.34. The summed E-state index contributed by atoms with van der Waals surface area (Å²) in [6.45, 7) is 2.17. The molecule has 0 heterocycles. The van der Waals surface area contributed by atoms with Gasteiger partial charge in [0.25, 0.3) is 0 Å². The monoisotopic (exact) mass is 396 g/mol. The van der Waals surface area contributed by atoms with Crippen molar-refractivity contribution in [2.24, 2.45) is 0 Å². The lowest BCUT2D eigenvalue weighted by Crippen LogP contribution is -2.10. The van der Waals surface area contributed by atoms with Gasteiger partial charge in [0.2, 0.25) is 0 Å². The van der Waals surface area contributed by atoms with E-state index in [4.69, 9.17) is 20.0 Å². The van der Waals surface area contributed by atoms with Crippen molar-refractivity contribution in [3.63, 3.8) is 0 Å². The number of rotatable bonds is 5. The molecule has 0 aliphatic rings. The summed E-state index contributed by atoms with van der Waals surface area (Å²) in [6.07, 6.45) is 1.43. The van der Waals surface area contributed by atoms with Crippen LogP contribution in [0.15, 0.2) is 52.5 Å². The zero-order valence-corrected chi connectivity index (χ0v) is 14.9. The summed E-state index contributed by atoms with van der Waals surface area (Å²) < 4.78 is 11.6. The first kappa shape index (κ1) is 18.3. The molecule has 6 heteroatoms. The van der Waals surface area contributed by atoms with Gasteiger partial charge < -0.3 is 9.47 Å². The van der Waals surface area contributed by atoms with Gasteiger partial charge in [0, 0.05) is 4.47 Å². The maximum Gasteiger partial charge on any atom is 0.344 e. The van der Waals surface area contributed by atoms with Crippen LogP contribution in [-0.2, 0) is 0 Å². The highest BCUT2D eigenvalue weighted by Crippen LogP contribution is 2.30. The van der Waals surface area contributed by atoms with Gasteiger partial charge in [0.05, 0.1) is 12.2 Å². The van der Waals surface area contributed by atoms with E-state index in [0.717, 1.165) is 0 Å². The number of esters is 1. The summed E-state index contributed by atoms with van der Waals surface area (Å²) in [5.74, 6) is 0.0913. The average molecular weight is 397 g/mol. The number of nitriles is 2. The molecule has 0 radical (unpaired) electrons. The SMILES string of the molecule is CCOc1cc(C=C(C#N)C#N)ccc1OC(=O)c1ccccc1Br. The Morgan fingerprint density at radius 2 is 1.88 bits per heavy atom. The van der Waals surface area contributed by atoms with Crippen LogP contribution in [0, 0.1) is 22.7 Å². The second-order valence-corrected chi connectivity index (χ2v) is 5.64. The number of nitrogens with zero attached hydrogens (tertiary/aromatic N) is 2. The van der Waals surface area contributed by atoms with Crippen molar-refractivity contribution in [1.29, 1.82) is 10.5 Å². The molecule has 5 nitrogen and oxygen atoms in total. The van der Waals surface area contributed by atoms with Gasteiger partial charge in [-0.15, -0.1) is 0 Å². The molecule has 0 amide bonds. The maximum absolute atomic E-state index is 12.3. The van der Waals surface area contributed by atoms with Crippen LogP contribution in [0.4, 0.5) is 0 Å². The van der Waals surface area contributed by atoms with Gasteiger partial charge in [-0.1, -0.05) is 18.2 Å². The molecule has 0 saturated carbocycles. The number of hydrogen-bond donors (Lipinski definition) is 0. The van der Waals surface area contributed by atoms with Crippen LogP contribution in [-0.4, -0.2) is 12.6 Å². The van der Waals surface area contributed by atoms with Crippen LogP contribution in [0.3, 0.4) is 0 Å². The number of benzene rings is 2. The molecule has 25 heavy (non-hydrogen) atoms. The van der Waals surface area contributed by atoms with E-state index in [2.05, 4.69) is 15.9 Å². The molecule has 0 unspecified atom stereocenters. The molecular formula is C19H13BrN2O3. The van der Waals surface area contributed by atoms with Gasteiger partial charge in [-0.05, 0) is 58.8 Å². The van der Waals surface area contributed by atoms with Crippen LogP contribution in [0.5, 0.6) is 11.5 Å².